The molecule has 1 saturated heterocycles. The van der Waals surface area contributed by atoms with Crippen LogP contribution in [0.15, 0.2) is 36.7 Å². The van der Waals surface area contributed by atoms with E-state index in [9.17, 15) is 4.79 Å². The third-order valence-electron chi connectivity index (χ3n) is 3.51. The van der Waals surface area contributed by atoms with Crippen molar-refractivity contribution in [3.63, 3.8) is 0 Å². The first-order chi connectivity index (χ1) is 8.81. The van der Waals surface area contributed by atoms with Crippen LogP contribution in [-0.4, -0.2) is 30.5 Å². The summed E-state index contributed by atoms with van der Waals surface area (Å²) in [7, 11) is 1.83. The number of pyridine rings is 1. The van der Waals surface area contributed by atoms with Gasteiger partial charge in [-0.15, -0.1) is 0 Å². The first-order valence-electron chi connectivity index (χ1n) is 6.12. The number of hydrogen-bond donors (Lipinski definition) is 1. The number of nitrogens with one attached hydrogen (secondary N) is 1. The first-order valence-corrected chi connectivity index (χ1v) is 6.12. The average Bonchev–Trinajstić information content (AvgIpc) is 2.79. The molecule has 1 unspecified atom stereocenters. The van der Waals surface area contributed by atoms with Crippen molar-refractivity contribution in [1.29, 1.82) is 0 Å². The number of carbonyl (C=O) groups excluding carboxylic acids is 1. The summed E-state index contributed by atoms with van der Waals surface area (Å²) in [4.78, 5) is 18.2. The highest BCUT2D eigenvalue weighted by Crippen LogP contribution is 2.29. The number of carbonyl (C=O) groups is 1. The highest BCUT2D eigenvalue weighted by Gasteiger charge is 2.31. The van der Waals surface area contributed by atoms with Gasteiger partial charge in [-0.2, -0.15) is 0 Å². The van der Waals surface area contributed by atoms with E-state index < -0.39 is 0 Å². The summed E-state index contributed by atoms with van der Waals surface area (Å²) in [5.41, 5.74) is 0.961. The van der Waals surface area contributed by atoms with Crippen molar-refractivity contribution in [1.82, 2.24) is 10.3 Å². The van der Waals surface area contributed by atoms with E-state index in [1.54, 1.807) is 6.20 Å². The Hall–Kier alpha value is -1.94. The fourth-order valence-electron chi connectivity index (χ4n) is 2.52. The molecule has 1 atom stereocenters. The summed E-state index contributed by atoms with van der Waals surface area (Å²) in [5.74, 6) is 0.147. The minimum Gasteiger partial charge on any atom is -0.310 e. The topological polar surface area (TPSA) is 45.2 Å². The van der Waals surface area contributed by atoms with Crippen LogP contribution in [-0.2, 0) is 4.79 Å². The lowest BCUT2D eigenvalue weighted by Crippen LogP contribution is -2.36. The van der Waals surface area contributed by atoms with E-state index in [2.05, 4.69) is 10.3 Å². The zero-order chi connectivity index (χ0) is 12.5. The summed E-state index contributed by atoms with van der Waals surface area (Å²) in [6, 6.07) is 7.92. The third-order valence-corrected chi connectivity index (χ3v) is 3.51. The molecule has 1 aliphatic rings. The van der Waals surface area contributed by atoms with Crippen molar-refractivity contribution >= 4 is 22.4 Å². The van der Waals surface area contributed by atoms with Crippen LogP contribution in [0.2, 0.25) is 0 Å². The Morgan fingerprint density at radius 3 is 3.06 bits per heavy atom. The maximum Gasteiger partial charge on any atom is 0.244 e. The first kappa shape index (κ1) is 11.2. The highest BCUT2D eigenvalue weighted by atomic mass is 16.2. The second kappa shape index (κ2) is 4.38. The predicted octanol–water partition coefficient (Wildman–Crippen LogP) is 1.56. The Morgan fingerprint density at radius 2 is 2.28 bits per heavy atom. The molecule has 1 aliphatic heterocycles. The van der Waals surface area contributed by atoms with Crippen LogP contribution in [0, 0.1) is 0 Å². The van der Waals surface area contributed by atoms with Gasteiger partial charge in [0.2, 0.25) is 5.91 Å². The number of aromatic nitrogens is 1. The summed E-state index contributed by atoms with van der Waals surface area (Å²) in [6.45, 7) is 0.762. The second-order valence-electron chi connectivity index (χ2n) is 4.49. The molecule has 0 aliphatic carbocycles. The smallest absolute Gasteiger partial charge is 0.244 e. The zero-order valence-electron chi connectivity index (χ0n) is 10.3. The normalized spacial score (nSPS) is 19.7. The van der Waals surface area contributed by atoms with Gasteiger partial charge in [-0.3, -0.25) is 9.78 Å². The molecule has 1 aromatic heterocycles. The summed E-state index contributed by atoms with van der Waals surface area (Å²) in [5, 5.41) is 5.20. The molecular weight excluding hydrogens is 226 g/mol. The number of benzene rings is 1. The molecule has 4 nitrogen and oxygen atoms in total. The molecule has 1 N–H and O–H groups in total. The lowest BCUT2D eigenvalue weighted by molar-refractivity contribution is -0.118. The van der Waals surface area contributed by atoms with E-state index in [0.717, 1.165) is 29.4 Å². The summed E-state index contributed by atoms with van der Waals surface area (Å²) in [6.07, 6.45) is 4.45. The van der Waals surface area contributed by atoms with Gasteiger partial charge < -0.3 is 10.2 Å². The van der Waals surface area contributed by atoms with Gasteiger partial charge >= 0.3 is 0 Å². The van der Waals surface area contributed by atoms with Gasteiger partial charge in [-0.05, 0) is 31.0 Å². The number of hydrogen-bond acceptors (Lipinski definition) is 3. The number of likely N-dealkylation sites (N-methyl/N-ethyl adjacent to an activating group) is 1. The lowest BCUT2D eigenvalue weighted by Gasteiger charge is -2.18. The van der Waals surface area contributed by atoms with Crippen LogP contribution >= 0.6 is 0 Å². The van der Waals surface area contributed by atoms with E-state index in [4.69, 9.17) is 0 Å². The standard InChI is InChI=1S/C14H15N3O/c1-15-12-6-8-17(14(12)18)13-4-2-3-10-5-7-16-9-11(10)13/h2-5,7,9,12,15H,6,8H2,1H3. The van der Waals surface area contributed by atoms with E-state index >= 15 is 0 Å². The molecule has 0 spiro atoms. The number of rotatable bonds is 2. The molecule has 1 aromatic carbocycles. The van der Waals surface area contributed by atoms with Crippen LogP contribution in [0.5, 0.6) is 0 Å². The van der Waals surface area contributed by atoms with Crippen LogP contribution < -0.4 is 10.2 Å². The highest BCUT2D eigenvalue weighted by molar-refractivity contribution is 6.06. The van der Waals surface area contributed by atoms with Gasteiger partial charge in [0.25, 0.3) is 0 Å². The molecule has 2 aromatic rings. The summed E-state index contributed by atoms with van der Waals surface area (Å²) < 4.78 is 0. The molecule has 3 rings (SSSR count). The third kappa shape index (κ3) is 1.66. The van der Waals surface area contributed by atoms with E-state index in [1.807, 2.05) is 42.4 Å². The maximum absolute atomic E-state index is 12.2. The van der Waals surface area contributed by atoms with Crippen molar-refractivity contribution in [3.8, 4) is 0 Å². The Balaban J connectivity index is 2.08. The van der Waals surface area contributed by atoms with Gasteiger partial charge in [0.05, 0.1) is 11.7 Å². The van der Waals surface area contributed by atoms with Gasteiger partial charge in [-0.25, -0.2) is 0 Å². The van der Waals surface area contributed by atoms with Crippen LogP contribution in [0.25, 0.3) is 10.8 Å². The zero-order valence-corrected chi connectivity index (χ0v) is 10.3. The van der Waals surface area contributed by atoms with E-state index in [-0.39, 0.29) is 11.9 Å². The Kier molecular flexibility index (Phi) is 2.72. The average molecular weight is 241 g/mol. The monoisotopic (exact) mass is 241 g/mol. The minimum atomic E-state index is -0.0584. The SMILES string of the molecule is CNC1CCN(c2cccc3ccncc23)C1=O. The van der Waals surface area contributed by atoms with Crippen LogP contribution in [0.1, 0.15) is 6.42 Å². The van der Waals surface area contributed by atoms with Crippen molar-refractivity contribution in [2.75, 3.05) is 18.5 Å². The molecule has 1 amide bonds. The molecule has 92 valence electrons. The number of nitrogens with zero attached hydrogens (tertiary/aromatic N) is 2. The van der Waals surface area contributed by atoms with E-state index in [1.165, 1.54) is 0 Å². The predicted molar refractivity (Wildman–Crippen MR) is 71.6 cm³/mol. The van der Waals surface area contributed by atoms with Crippen molar-refractivity contribution in [2.45, 2.75) is 12.5 Å². The second-order valence-corrected chi connectivity index (χ2v) is 4.49. The molecular formula is C14H15N3O. The maximum atomic E-state index is 12.2. The Morgan fingerprint density at radius 1 is 1.39 bits per heavy atom. The van der Waals surface area contributed by atoms with Gasteiger partial charge in [-0.1, -0.05) is 12.1 Å². The van der Waals surface area contributed by atoms with E-state index in [0.29, 0.717) is 0 Å². The van der Waals surface area contributed by atoms with Crippen LogP contribution in [0.4, 0.5) is 5.69 Å². The molecule has 4 heteroatoms. The molecule has 18 heavy (non-hydrogen) atoms. The molecule has 2 heterocycles. The van der Waals surface area contributed by atoms with Gasteiger partial charge in [0.1, 0.15) is 0 Å². The van der Waals surface area contributed by atoms with Gasteiger partial charge in [0.15, 0.2) is 0 Å². The fraction of sp³-hybridized carbons (Fsp3) is 0.286. The Labute approximate surface area is 106 Å². The summed E-state index contributed by atoms with van der Waals surface area (Å²) >= 11 is 0. The molecule has 0 bridgehead atoms. The Bertz CT molecular complexity index is 591. The molecule has 0 radical (unpaired) electrons. The number of amides is 1. The van der Waals surface area contributed by atoms with Crippen molar-refractivity contribution in [2.24, 2.45) is 0 Å². The number of anilines is 1. The van der Waals surface area contributed by atoms with Gasteiger partial charge in [0, 0.05) is 24.3 Å². The quantitative estimate of drug-likeness (QED) is 0.868. The number of fused-ring (bicyclic) bond motifs is 1. The van der Waals surface area contributed by atoms with Crippen LogP contribution in [0.3, 0.4) is 0 Å². The molecule has 1 fully saturated rings. The minimum absolute atomic E-state index is 0.0584. The van der Waals surface area contributed by atoms with Crippen molar-refractivity contribution < 1.29 is 4.79 Å². The van der Waals surface area contributed by atoms with Crippen molar-refractivity contribution in [3.05, 3.63) is 36.7 Å². The largest absolute Gasteiger partial charge is 0.310 e. The lowest BCUT2D eigenvalue weighted by atomic mass is 10.1. The fourth-order valence-corrected chi connectivity index (χ4v) is 2.52. The molecule has 0 saturated carbocycles.